The number of likely N-dealkylation sites (tertiary alicyclic amines) is 2. The van der Waals surface area contributed by atoms with E-state index in [2.05, 4.69) is 21.8 Å². The first kappa shape index (κ1) is 27.1. The average Bonchev–Trinajstić information content (AvgIpc) is 3.43. The van der Waals surface area contributed by atoms with E-state index in [0.29, 0.717) is 23.5 Å². The second-order valence-corrected chi connectivity index (χ2v) is 11.0. The minimum atomic E-state index is -0.777. The molecule has 3 aliphatic rings. The Morgan fingerprint density at radius 2 is 2.00 bits per heavy atom. The summed E-state index contributed by atoms with van der Waals surface area (Å²) >= 11 is 0. The molecular formula is C27H38N6O4. The van der Waals surface area contributed by atoms with E-state index >= 15 is 0 Å². The van der Waals surface area contributed by atoms with Crippen molar-refractivity contribution in [3.05, 3.63) is 45.3 Å². The summed E-state index contributed by atoms with van der Waals surface area (Å²) < 4.78 is 5.60. The van der Waals surface area contributed by atoms with Crippen LogP contribution in [0.5, 0.6) is 0 Å². The summed E-state index contributed by atoms with van der Waals surface area (Å²) in [6, 6.07) is 4.32. The first-order valence-corrected chi connectivity index (χ1v) is 13.4. The predicted octanol–water partition coefficient (Wildman–Crippen LogP) is 3.36. The molecule has 2 N–H and O–H groups in total. The van der Waals surface area contributed by atoms with Gasteiger partial charge in [-0.1, -0.05) is 38.0 Å². The zero-order chi connectivity index (χ0) is 26.7. The van der Waals surface area contributed by atoms with Crippen molar-refractivity contribution in [1.82, 2.24) is 9.80 Å². The molecule has 200 valence electrons. The van der Waals surface area contributed by atoms with Crippen molar-refractivity contribution < 1.29 is 19.1 Å². The van der Waals surface area contributed by atoms with Crippen LogP contribution in [0.2, 0.25) is 0 Å². The summed E-state index contributed by atoms with van der Waals surface area (Å²) in [4.78, 5) is 46.2. The number of ketones is 1. The Morgan fingerprint density at radius 1 is 1.27 bits per heavy atom. The summed E-state index contributed by atoms with van der Waals surface area (Å²) in [5, 5.41) is 3.80. The number of nitrogens with two attached hydrogens (primary N) is 1. The Balaban J connectivity index is 1.68. The van der Waals surface area contributed by atoms with Gasteiger partial charge in [-0.15, -0.1) is 0 Å². The van der Waals surface area contributed by atoms with E-state index < -0.39 is 30.0 Å². The highest BCUT2D eigenvalue weighted by molar-refractivity contribution is 5.99. The summed E-state index contributed by atoms with van der Waals surface area (Å²) in [5.41, 5.74) is 16.9. The van der Waals surface area contributed by atoms with Crippen molar-refractivity contribution in [1.29, 1.82) is 0 Å². The SMILES string of the molecule is CCCN1CCC(c2ccc(C(N)=O)c([C@H](CC(C)C)C(=O)N3C[C@H](N=[N+]=[N-])[C@H]4OCC(=O)[C@H]43)c2)CC1. The molecular weight excluding hydrogens is 472 g/mol. The Kier molecular flexibility index (Phi) is 8.52. The van der Waals surface area contributed by atoms with E-state index in [-0.39, 0.29) is 30.8 Å². The third-order valence-electron chi connectivity index (χ3n) is 7.96. The number of carbonyl (C=O) groups excluding carboxylic acids is 3. The molecule has 0 saturated carbocycles. The minimum Gasteiger partial charge on any atom is -0.367 e. The van der Waals surface area contributed by atoms with E-state index in [9.17, 15) is 14.4 Å². The number of carbonyl (C=O) groups is 3. The molecule has 4 atom stereocenters. The Labute approximate surface area is 218 Å². The van der Waals surface area contributed by atoms with Crippen LogP contribution in [0, 0.1) is 5.92 Å². The molecule has 0 unspecified atom stereocenters. The van der Waals surface area contributed by atoms with E-state index in [1.54, 1.807) is 6.07 Å². The van der Waals surface area contributed by atoms with Gasteiger partial charge in [0.15, 0.2) is 5.78 Å². The Morgan fingerprint density at radius 3 is 2.62 bits per heavy atom. The number of Topliss-reactive ketones (excluding diaryl/α,β-unsaturated/α-hetero) is 1. The van der Waals surface area contributed by atoms with E-state index in [1.165, 1.54) is 4.90 Å². The molecule has 1 aromatic rings. The van der Waals surface area contributed by atoms with Crippen molar-refractivity contribution >= 4 is 17.6 Å². The van der Waals surface area contributed by atoms with Crippen molar-refractivity contribution in [3.8, 4) is 0 Å². The zero-order valence-corrected chi connectivity index (χ0v) is 22.0. The molecule has 0 aliphatic carbocycles. The number of hydrogen-bond donors (Lipinski definition) is 1. The molecule has 3 aliphatic heterocycles. The van der Waals surface area contributed by atoms with Crippen LogP contribution in [0.25, 0.3) is 10.4 Å². The zero-order valence-electron chi connectivity index (χ0n) is 22.0. The molecule has 0 aromatic heterocycles. The molecule has 4 rings (SSSR count). The van der Waals surface area contributed by atoms with Gasteiger partial charge >= 0.3 is 0 Å². The molecule has 0 bridgehead atoms. The molecule has 3 heterocycles. The summed E-state index contributed by atoms with van der Waals surface area (Å²) in [5.74, 6) is -1.18. The molecule has 1 aromatic carbocycles. The number of hydrogen-bond acceptors (Lipinski definition) is 6. The van der Waals surface area contributed by atoms with Crippen LogP contribution in [-0.2, 0) is 14.3 Å². The lowest BCUT2D eigenvalue weighted by atomic mass is 9.81. The second kappa shape index (κ2) is 11.6. The van der Waals surface area contributed by atoms with Crippen molar-refractivity contribution in [3.63, 3.8) is 0 Å². The van der Waals surface area contributed by atoms with Crippen molar-refractivity contribution in [2.45, 2.75) is 76.5 Å². The van der Waals surface area contributed by atoms with Gasteiger partial charge in [-0.2, -0.15) is 0 Å². The fraction of sp³-hybridized carbons (Fsp3) is 0.667. The molecule has 2 amide bonds. The fourth-order valence-electron chi connectivity index (χ4n) is 6.21. The number of benzene rings is 1. The summed E-state index contributed by atoms with van der Waals surface area (Å²) in [6.45, 7) is 9.40. The van der Waals surface area contributed by atoms with E-state index in [1.807, 2.05) is 26.0 Å². The van der Waals surface area contributed by atoms with Crippen LogP contribution < -0.4 is 5.73 Å². The highest BCUT2D eigenvalue weighted by Gasteiger charge is 2.53. The lowest BCUT2D eigenvalue weighted by Gasteiger charge is -2.33. The largest absolute Gasteiger partial charge is 0.367 e. The first-order chi connectivity index (χ1) is 17.7. The number of nitrogens with zero attached hydrogens (tertiary/aromatic N) is 5. The standard InChI is InChI=1S/C27H38N6O4/c1-4-9-32-10-7-17(8-11-32)18-5-6-19(26(28)35)20(13-18)21(12-16(2)3)27(36)33-14-22(30-31-29)25-24(33)23(34)15-37-25/h5-6,13,16-17,21-22,24-25H,4,7-12,14-15H2,1-3H3,(H2,28,35)/t21-,22-,24+,25+/m0/s1. The van der Waals surface area contributed by atoms with Crippen molar-refractivity contribution in [2.75, 3.05) is 32.8 Å². The van der Waals surface area contributed by atoms with Crippen LogP contribution in [0.3, 0.4) is 0 Å². The average molecular weight is 511 g/mol. The van der Waals surface area contributed by atoms with Gasteiger partial charge in [0.1, 0.15) is 12.6 Å². The number of ether oxygens (including phenoxy) is 1. The van der Waals surface area contributed by atoms with Crippen LogP contribution in [0.4, 0.5) is 0 Å². The predicted molar refractivity (Wildman–Crippen MR) is 139 cm³/mol. The number of amides is 2. The van der Waals surface area contributed by atoms with Crippen molar-refractivity contribution in [2.24, 2.45) is 16.8 Å². The van der Waals surface area contributed by atoms with E-state index in [0.717, 1.165) is 44.5 Å². The summed E-state index contributed by atoms with van der Waals surface area (Å²) in [7, 11) is 0. The molecule has 10 nitrogen and oxygen atoms in total. The van der Waals surface area contributed by atoms with Gasteiger partial charge in [0, 0.05) is 17.0 Å². The quantitative estimate of drug-likeness (QED) is 0.308. The molecule has 10 heteroatoms. The Bertz CT molecular complexity index is 1080. The van der Waals surface area contributed by atoms with Gasteiger partial charge in [-0.3, -0.25) is 14.4 Å². The van der Waals surface area contributed by atoms with Gasteiger partial charge in [0.2, 0.25) is 11.8 Å². The molecule has 3 fully saturated rings. The molecule has 37 heavy (non-hydrogen) atoms. The summed E-state index contributed by atoms with van der Waals surface area (Å²) in [6.07, 6.45) is 3.03. The minimum absolute atomic E-state index is 0.107. The lowest BCUT2D eigenvalue weighted by Crippen LogP contribution is -2.44. The Hall–Kier alpha value is -2.94. The van der Waals surface area contributed by atoms with Gasteiger partial charge in [0.25, 0.3) is 0 Å². The van der Waals surface area contributed by atoms with Crippen LogP contribution in [-0.4, -0.2) is 78.4 Å². The number of fused-ring (bicyclic) bond motifs is 1. The van der Waals surface area contributed by atoms with E-state index in [4.69, 9.17) is 16.0 Å². The maximum atomic E-state index is 14.1. The first-order valence-electron chi connectivity index (χ1n) is 13.4. The number of azide groups is 1. The fourth-order valence-corrected chi connectivity index (χ4v) is 6.21. The monoisotopic (exact) mass is 510 g/mol. The smallest absolute Gasteiger partial charge is 0.249 e. The molecule has 0 radical (unpaired) electrons. The number of primary amides is 1. The van der Waals surface area contributed by atoms with Gasteiger partial charge in [0.05, 0.1) is 18.1 Å². The highest BCUT2D eigenvalue weighted by Crippen LogP contribution is 2.38. The van der Waals surface area contributed by atoms with Crippen LogP contribution >= 0.6 is 0 Å². The second-order valence-electron chi connectivity index (χ2n) is 11.0. The van der Waals surface area contributed by atoms with Gasteiger partial charge in [-0.25, -0.2) is 0 Å². The number of rotatable bonds is 9. The lowest BCUT2D eigenvalue weighted by molar-refractivity contribution is -0.138. The van der Waals surface area contributed by atoms with Gasteiger partial charge < -0.3 is 20.3 Å². The van der Waals surface area contributed by atoms with Gasteiger partial charge in [-0.05, 0) is 79.9 Å². The highest BCUT2D eigenvalue weighted by atomic mass is 16.5. The third kappa shape index (κ3) is 5.66. The maximum absolute atomic E-state index is 14.1. The third-order valence-corrected chi connectivity index (χ3v) is 7.96. The maximum Gasteiger partial charge on any atom is 0.249 e. The normalized spacial score (nSPS) is 25.2. The topological polar surface area (TPSA) is 142 Å². The molecule has 3 saturated heterocycles. The van der Waals surface area contributed by atoms with Crippen LogP contribution in [0.15, 0.2) is 23.3 Å². The van der Waals surface area contributed by atoms with Crippen LogP contribution in [0.1, 0.15) is 79.8 Å². The molecule has 0 spiro atoms. The number of piperidine rings is 1.